The first-order chi connectivity index (χ1) is 9.20. The van der Waals surface area contributed by atoms with Gasteiger partial charge in [0, 0.05) is 29.9 Å². The Hall–Kier alpha value is -2.21. The van der Waals surface area contributed by atoms with Gasteiger partial charge >= 0.3 is 0 Å². The molecule has 0 aromatic carbocycles. The maximum Gasteiger partial charge on any atom is 0.276 e. The van der Waals surface area contributed by atoms with Crippen molar-refractivity contribution in [1.29, 1.82) is 0 Å². The minimum atomic E-state index is -0.0919. The maximum absolute atomic E-state index is 12.1. The molecule has 0 spiro atoms. The van der Waals surface area contributed by atoms with E-state index in [1.54, 1.807) is 12.3 Å². The standard InChI is InChI=1S/C13H12N4OS/c1-2-17-12(18)10(16-13(17)19)6-8-7-15-11-9(8)4-3-5-14-11/h3-7H,2H2,1H3,(H,14,15)(H,16,19). The highest BCUT2D eigenvalue weighted by Gasteiger charge is 2.29. The number of fused-ring (bicyclic) bond motifs is 1. The number of aromatic amines is 1. The third kappa shape index (κ3) is 1.90. The summed E-state index contributed by atoms with van der Waals surface area (Å²) in [4.78, 5) is 20.9. The fourth-order valence-corrected chi connectivity index (χ4v) is 2.43. The van der Waals surface area contributed by atoms with Gasteiger partial charge in [-0.05, 0) is 37.4 Å². The first kappa shape index (κ1) is 11.9. The molecule has 1 fully saturated rings. The van der Waals surface area contributed by atoms with E-state index in [1.807, 2.05) is 25.3 Å². The number of aromatic nitrogens is 2. The third-order valence-electron chi connectivity index (χ3n) is 3.06. The molecule has 96 valence electrons. The molecule has 0 unspecified atom stereocenters. The predicted octanol–water partition coefficient (Wildman–Crippen LogP) is 1.64. The summed E-state index contributed by atoms with van der Waals surface area (Å²) in [5, 5.41) is 4.37. The zero-order chi connectivity index (χ0) is 13.4. The number of nitrogens with one attached hydrogen (secondary N) is 2. The Balaban J connectivity index is 2.03. The Bertz CT molecular complexity index is 703. The van der Waals surface area contributed by atoms with Crippen LogP contribution >= 0.6 is 12.2 Å². The van der Waals surface area contributed by atoms with Crippen molar-refractivity contribution in [3.8, 4) is 0 Å². The van der Waals surface area contributed by atoms with E-state index in [0.29, 0.717) is 17.4 Å². The predicted molar refractivity (Wildman–Crippen MR) is 77.2 cm³/mol. The van der Waals surface area contributed by atoms with Crippen molar-refractivity contribution in [2.75, 3.05) is 6.54 Å². The summed E-state index contributed by atoms with van der Waals surface area (Å²) in [7, 11) is 0. The molecule has 1 amide bonds. The van der Waals surface area contributed by atoms with E-state index >= 15 is 0 Å². The Morgan fingerprint density at radius 2 is 2.37 bits per heavy atom. The number of carbonyl (C=O) groups excluding carboxylic acids is 1. The van der Waals surface area contributed by atoms with Crippen molar-refractivity contribution in [2.45, 2.75) is 6.92 Å². The minimum absolute atomic E-state index is 0.0919. The summed E-state index contributed by atoms with van der Waals surface area (Å²) >= 11 is 5.12. The van der Waals surface area contributed by atoms with Gasteiger partial charge in [-0.1, -0.05) is 0 Å². The average molecular weight is 272 g/mol. The summed E-state index contributed by atoms with van der Waals surface area (Å²) in [5.41, 5.74) is 2.21. The third-order valence-corrected chi connectivity index (χ3v) is 3.38. The topological polar surface area (TPSA) is 61.0 Å². The summed E-state index contributed by atoms with van der Waals surface area (Å²) in [6.45, 7) is 2.46. The van der Waals surface area contributed by atoms with Gasteiger partial charge in [-0.15, -0.1) is 0 Å². The molecule has 19 heavy (non-hydrogen) atoms. The van der Waals surface area contributed by atoms with Gasteiger partial charge in [-0.2, -0.15) is 0 Å². The van der Waals surface area contributed by atoms with Gasteiger partial charge < -0.3 is 10.3 Å². The van der Waals surface area contributed by atoms with Crippen molar-refractivity contribution in [2.24, 2.45) is 0 Å². The van der Waals surface area contributed by atoms with E-state index in [4.69, 9.17) is 12.2 Å². The van der Waals surface area contributed by atoms with Crippen LogP contribution in [0.25, 0.3) is 17.1 Å². The van der Waals surface area contributed by atoms with Gasteiger partial charge in [0.15, 0.2) is 5.11 Å². The lowest BCUT2D eigenvalue weighted by Crippen LogP contribution is -2.30. The number of nitrogens with zero attached hydrogens (tertiary/aromatic N) is 2. The number of likely N-dealkylation sites (N-methyl/N-ethyl adjacent to an activating group) is 1. The second-order valence-corrected chi connectivity index (χ2v) is 4.57. The summed E-state index contributed by atoms with van der Waals surface area (Å²) in [6, 6.07) is 3.83. The van der Waals surface area contributed by atoms with Crippen molar-refractivity contribution in [3.05, 3.63) is 35.8 Å². The first-order valence-electron chi connectivity index (χ1n) is 5.97. The molecule has 2 aromatic rings. The SMILES string of the molecule is CCN1C(=O)C(=Cc2c[nH]c3ncccc23)NC1=S. The Morgan fingerprint density at radius 3 is 3.11 bits per heavy atom. The molecule has 0 aliphatic carbocycles. The quantitative estimate of drug-likeness (QED) is 0.644. The van der Waals surface area contributed by atoms with Gasteiger partial charge in [0.1, 0.15) is 11.3 Å². The van der Waals surface area contributed by atoms with Crippen LogP contribution in [-0.4, -0.2) is 32.4 Å². The molecule has 0 saturated carbocycles. The molecule has 2 N–H and O–H groups in total. The van der Waals surface area contributed by atoms with E-state index in [-0.39, 0.29) is 5.91 Å². The maximum atomic E-state index is 12.1. The zero-order valence-corrected chi connectivity index (χ0v) is 11.1. The molecule has 0 bridgehead atoms. The lowest BCUT2D eigenvalue weighted by atomic mass is 10.2. The molecule has 3 rings (SSSR count). The van der Waals surface area contributed by atoms with Crippen LogP contribution in [0.15, 0.2) is 30.2 Å². The van der Waals surface area contributed by atoms with E-state index in [9.17, 15) is 4.79 Å². The minimum Gasteiger partial charge on any atom is -0.346 e. The van der Waals surface area contributed by atoms with Crippen LogP contribution in [0.4, 0.5) is 0 Å². The second-order valence-electron chi connectivity index (χ2n) is 4.18. The van der Waals surface area contributed by atoms with Crippen molar-refractivity contribution < 1.29 is 4.79 Å². The zero-order valence-electron chi connectivity index (χ0n) is 10.3. The molecule has 5 nitrogen and oxygen atoms in total. The van der Waals surface area contributed by atoms with Gasteiger partial charge in [0.2, 0.25) is 0 Å². The van der Waals surface area contributed by atoms with Crippen molar-refractivity contribution in [1.82, 2.24) is 20.2 Å². The number of rotatable bonds is 2. The molecular formula is C13H12N4OS. The lowest BCUT2D eigenvalue weighted by Gasteiger charge is -2.08. The van der Waals surface area contributed by atoms with Crippen LogP contribution in [0.5, 0.6) is 0 Å². The van der Waals surface area contributed by atoms with Crippen molar-refractivity contribution >= 4 is 40.3 Å². The highest BCUT2D eigenvalue weighted by atomic mass is 32.1. The number of carbonyl (C=O) groups is 1. The van der Waals surface area contributed by atoms with E-state index in [2.05, 4.69) is 15.3 Å². The molecule has 1 saturated heterocycles. The fourth-order valence-electron chi connectivity index (χ4n) is 2.11. The molecule has 0 atom stereocenters. The van der Waals surface area contributed by atoms with Crippen LogP contribution in [-0.2, 0) is 4.79 Å². The highest BCUT2D eigenvalue weighted by molar-refractivity contribution is 7.80. The summed E-state index contributed by atoms with van der Waals surface area (Å²) in [6.07, 6.45) is 5.35. The summed E-state index contributed by atoms with van der Waals surface area (Å²) in [5.74, 6) is -0.0919. The van der Waals surface area contributed by atoms with Gasteiger partial charge in [0.05, 0.1) is 0 Å². The van der Waals surface area contributed by atoms with Gasteiger partial charge in [-0.25, -0.2) is 4.98 Å². The lowest BCUT2D eigenvalue weighted by molar-refractivity contribution is -0.122. The van der Waals surface area contributed by atoms with Crippen LogP contribution in [0, 0.1) is 0 Å². The monoisotopic (exact) mass is 272 g/mol. The van der Waals surface area contributed by atoms with Gasteiger partial charge in [-0.3, -0.25) is 9.69 Å². The smallest absolute Gasteiger partial charge is 0.276 e. The Labute approximate surface area is 115 Å². The Kier molecular flexibility index (Phi) is 2.79. The largest absolute Gasteiger partial charge is 0.346 e. The van der Waals surface area contributed by atoms with Crippen molar-refractivity contribution in [3.63, 3.8) is 0 Å². The van der Waals surface area contributed by atoms with Crippen LogP contribution in [0.1, 0.15) is 12.5 Å². The number of hydrogen-bond donors (Lipinski definition) is 2. The van der Waals surface area contributed by atoms with E-state index < -0.39 is 0 Å². The normalized spacial score (nSPS) is 17.5. The molecule has 2 aromatic heterocycles. The molecule has 0 radical (unpaired) electrons. The van der Waals surface area contributed by atoms with Crippen LogP contribution in [0.3, 0.4) is 0 Å². The Morgan fingerprint density at radius 1 is 1.53 bits per heavy atom. The summed E-state index contributed by atoms with van der Waals surface area (Å²) < 4.78 is 0. The second kappa shape index (κ2) is 4.47. The number of hydrogen-bond acceptors (Lipinski definition) is 3. The molecular weight excluding hydrogens is 260 g/mol. The molecule has 6 heteroatoms. The van der Waals surface area contributed by atoms with Crippen LogP contribution in [0.2, 0.25) is 0 Å². The van der Waals surface area contributed by atoms with E-state index in [1.165, 1.54) is 4.90 Å². The first-order valence-corrected chi connectivity index (χ1v) is 6.38. The number of pyridine rings is 1. The van der Waals surface area contributed by atoms with Crippen LogP contribution < -0.4 is 5.32 Å². The average Bonchev–Trinajstić information content (AvgIpc) is 2.93. The number of amides is 1. The number of thiocarbonyl (C=S) groups is 1. The highest BCUT2D eigenvalue weighted by Crippen LogP contribution is 2.20. The molecule has 3 heterocycles. The molecule has 1 aliphatic heterocycles. The fraction of sp³-hybridized carbons (Fsp3) is 0.154. The van der Waals surface area contributed by atoms with Gasteiger partial charge in [0.25, 0.3) is 5.91 Å². The molecule has 1 aliphatic rings. The van der Waals surface area contributed by atoms with E-state index in [0.717, 1.165) is 16.6 Å². The number of H-pyrrole nitrogens is 1.